The van der Waals surface area contributed by atoms with E-state index >= 15 is 0 Å². The van der Waals surface area contributed by atoms with Crippen molar-refractivity contribution in [3.63, 3.8) is 0 Å². The molecule has 1 aliphatic rings. The number of hydrogen-bond acceptors (Lipinski definition) is 12. The summed E-state index contributed by atoms with van der Waals surface area (Å²) >= 11 is 3.35. The summed E-state index contributed by atoms with van der Waals surface area (Å²) < 4.78 is 21.1. The Bertz CT molecular complexity index is 2160. The Morgan fingerprint density at radius 3 is 2.32 bits per heavy atom. The van der Waals surface area contributed by atoms with Crippen molar-refractivity contribution in [1.29, 1.82) is 0 Å². The quantitative estimate of drug-likeness (QED) is 0.171. The van der Waals surface area contributed by atoms with Crippen molar-refractivity contribution in [3.8, 4) is 5.69 Å². The molecule has 1 saturated heterocycles. The molecule has 12 nitrogen and oxygen atoms in total. The predicted octanol–water partition coefficient (Wildman–Crippen LogP) is 7.33. The van der Waals surface area contributed by atoms with E-state index in [4.69, 9.17) is 18.6 Å². The molecule has 7 rings (SSSR count). The van der Waals surface area contributed by atoms with Gasteiger partial charge in [-0.1, -0.05) is 36.0 Å². The second-order valence-corrected chi connectivity index (χ2v) is 14.3. The number of para-hydroxylation sites is 4. The molecule has 47 heavy (non-hydrogen) atoms. The first-order valence-electron chi connectivity index (χ1n) is 14.4. The molecule has 0 atom stereocenters. The number of amides is 2. The number of aliphatic hydroxyl groups is 1. The van der Waals surface area contributed by atoms with Crippen LogP contribution in [0.3, 0.4) is 0 Å². The third-order valence-electron chi connectivity index (χ3n) is 6.96. The molecule has 4 aromatic heterocycles. The molecule has 2 aromatic carbocycles. The maximum Gasteiger partial charge on any atom is 0.421 e. The largest absolute Gasteiger partial charge is 0.453 e. The van der Waals surface area contributed by atoms with Gasteiger partial charge in [-0.05, 0) is 80.7 Å². The molecular formula is C32H27N5O7S3. The lowest BCUT2D eigenvalue weighted by atomic mass is 10.2. The Morgan fingerprint density at radius 1 is 0.936 bits per heavy atom. The molecule has 6 aromatic rings. The van der Waals surface area contributed by atoms with E-state index < -0.39 is 18.3 Å². The van der Waals surface area contributed by atoms with Gasteiger partial charge in [0.25, 0.3) is 5.24 Å². The predicted molar refractivity (Wildman–Crippen MR) is 176 cm³/mol. The fourth-order valence-corrected chi connectivity index (χ4v) is 7.50. The Kier molecular flexibility index (Phi) is 8.16. The lowest BCUT2D eigenvalue weighted by molar-refractivity contribution is -0.125. The first kappa shape index (κ1) is 31.2. The summed E-state index contributed by atoms with van der Waals surface area (Å²) in [4.78, 5) is 48.1. The van der Waals surface area contributed by atoms with Gasteiger partial charge in [0.1, 0.15) is 18.0 Å². The molecule has 0 unspecified atom stereocenters. The third kappa shape index (κ3) is 6.18. The Balaban J connectivity index is 1.24. The molecule has 0 bridgehead atoms. The lowest BCUT2D eigenvalue weighted by Gasteiger charge is -2.20. The number of thioether (sulfide) groups is 1. The summed E-state index contributed by atoms with van der Waals surface area (Å²) in [6.45, 7) is 5.04. The first-order valence-corrected chi connectivity index (χ1v) is 17.0. The molecule has 0 saturated carbocycles. The second-order valence-electron chi connectivity index (χ2n) is 11.4. The van der Waals surface area contributed by atoms with Gasteiger partial charge >= 0.3 is 6.09 Å². The van der Waals surface area contributed by atoms with Crippen LogP contribution in [0.15, 0.2) is 96.1 Å². The fraction of sp³-hybridized carbons (Fsp3) is 0.219. The third-order valence-corrected chi connectivity index (χ3v) is 9.55. The van der Waals surface area contributed by atoms with Crippen molar-refractivity contribution >= 4 is 74.6 Å². The molecule has 0 spiro atoms. The van der Waals surface area contributed by atoms with Crippen LogP contribution in [0.25, 0.3) is 27.8 Å². The van der Waals surface area contributed by atoms with Crippen LogP contribution < -0.4 is 0 Å². The Hall–Kier alpha value is -4.44. The zero-order chi connectivity index (χ0) is 32.9. The number of benzene rings is 2. The number of aliphatic hydroxyl groups excluding tert-OH is 1. The van der Waals surface area contributed by atoms with E-state index in [2.05, 4.69) is 4.98 Å². The summed E-state index contributed by atoms with van der Waals surface area (Å²) in [6, 6.07) is 20.1. The maximum absolute atomic E-state index is 13.3. The summed E-state index contributed by atoms with van der Waals surface area (Å²) in [5.74, 6) is 0.619. The summed E-state index contributed by atoms with van der Waals surface area (Å²) in [6.07, 6.45) is -0.572. The minimum Gasteiger partial charge on any atom is -0.453 e. The number of nitrogens with zero attached hydrogens (tertiary/aromatic N) is 5. The van der Waals surface area contributed by atoms with E-state index in [1.807, 2.05) is 47.0 Å². The molecule has 1 aliphatic heterocycles. The van der Waals surface area contributed by atoms with Gasteiger partial charge in [-0.15, -0.1) is 0 Å². The highest BCUT2D eigenvalue weighted by molar-refractivity contribution is 8.14. The van der Waals surface area contributed by atoms with Crippen molar-refractivity contribution in [2.75, 3.05) is 5.75 Å². The molecule has 240 valence electrons. The SMILES string of the molecule is CC(C)(C)OC(=O)n1c(Sc2cc(-n3c(Sc4ccc(CN5C(=O)CSC5=O)o4)nc4ccccc43)c(CO)o2)nc2ccccc21. The van der Waals surface area contributed by atoms with Gasteiger partial charge in [0, 0.05) is 6.07 Å². The Labute approximate surface area is 280 Å². The number of rotatable bonds is 8. The van der Waals surface area contributed by atoms with Gasteiger partial charge in [-0.3, -0.25) is 19.1 Å². The van der Waals surface area contributed by atoms with Crippen LogP contribution in [0.2, 0.25) is 0 Å². The number of carbonyl (C=O) groups is 3. The molecule has 5 heterocycles. The summed E-state index contributed by atoms with van der Waals surface area (Å²) in [5, 5.41) is 11.9. The minimum absolute atomic E-state index is 0.0483. The molecule has 1 fully saturated rings. The van der Waals surface area contributed by atoms with E-state index in [-0.39, 0.29) is 29.2 Å². The number of hydrogen-bond donors (Lipinski definition) is 1. The number of imidazole rings is 2. The molecule has 0 aliphatic carbocycles. The molecular weight excluding hydrogens is 663 g/mol. The average molecular weight is 690 g/mol. The van der Waals surface area contributed by atoms with Crippen molar-refractivity contribution in [2.24, 2.45) is 0 Å². The number of ether oxygens (including phenoxy) is 1. The van der Waals surface area contributed by atoms with E-state index in [0.29, 0.717) is 48.5 Å². The van der Waals surface area contributed by atoms with Crippen LogP contribution in [0.4, 0.5) is 9.59 Å². The number of carbonyl (C=O) groups excluding carboxylic acids is 3. The number of fused-ring (bicyclic) bond motifs is 2. The van der Waals surface area contributed by atoms with Crippen LogP contribution >= 0.6 is 35.3 Å². The van der Waals surface area contributed by atoms with Gasteiger partial charge in [-0.2, -0.15) is 0 Å². The maximum atomic E-state index is 13.3. The van der Waals surface area contributed by atoms with Crippen LogP contribution in [-0.4, -0.2) is 57.7 Å². The van der Waals surface area contributed by atoms with E-state index in [9.17, 15) is 19.5 Å². The van der Waals surface area contributed by atoms with Crippen LogP contribution in [0.5, 0.6) is 0 Å². The van der Waals surface area contributed by atoms with Crippen molar-refractivity contribution < 1.29 is 33.1 Å². The number of aromatic nitrogens is 4. The van der Waals surface area contributed by atoms with Crippen molar-refractivity contribution in [3.05, 3.63) is 78.3 Å². The van der Waals surface area contributed by atoms with Gasteiger partial charge in [0.15, 0.2) is 26.3 Å². The number of imide groups is 1. The molecule has 1 N–H and O–H groups in total. The number of furan rings is 2. The van der Waals surface area contributed by atoms with Crippen LogP contribution in [0, 0.1) is 0 Å². The van der Waals surface area contributed by atoms with Gasteiger partial charge in [0.05, 0.1) is 40.1 Å². The smallest absolute Gasteiger partial charge is 0.421 e. The monoisotopic (exact) mass is 689 g/mol. The van der Waals surface area contributed by atoms with E-state index in [1.54, 1.807) is 45.0 Å². The van der Waals surface area contributed by atoms with E-state index in [0.717, 1.165) is 29.0 Å². The topological polar surface area (TPSA) is 146 Å². The highest BCUT2D eigenvalue weighted by Gasteiger charge is 2.31. The van der Waals surface area contributed by atoms with Gasteiger partial charge in [-0.25, -0.2) is 19.3 Å². The van der Waals surface area contributed by atoms with Crippen molar-refractivity contribution in [2.45, 2.75) is 60.0 Å². The minimum atomic E-state index is -0.723. The first-order chi connectivity index (χ1) is 22.6. The Morgan fingerprint density at radius 2 is 1.62 bits per heavy atom. The van der Waals surface area contributed by atoms with Crippen LogP contribution in [0.1, 0.15) is 32.3 Å². The highest BCUT2D eigenvalue weighted by Crippen LogP contribution is 2.39. The van der Waals surface area contributed by atoms with Gasteiger partial charge in [0.2, 0.25) is 5.91 Å². The fourth-order valence-electron chi connectivity index (χ4n) is 4.98. The van der Waals surface area contributed by atoms with Crippen molar-refractivity contribution in [1.82, 2.24) is 24.0 Å². The molecule has 0 radical (unpaired) electrons. The zero-order valence-electron chi connectivity index (χ0n) is 25.3. The second kappa shape index (κ2) is 12.3. The normalized spacial score (nSPS) is 13.8. The standard InChI is InChI=1S/C32H27N5O7S3/c1-32(2,3)44-30(40)37-22-11-7-5-9-20(22)34-29(37)47-27-14-23(24(16-38)43-27)36-21-10-6-4-8-19(21)33-28(36)46-26-13-12-18(42-26)15-35-25(39)17-45-31(35)41/h4-14,38H,15-17H2,1-3H3. The molecule has 15 heteroatoms. The van der Waals surface area contributed by atoms with Gasteiger partial charge < -0.3 is 18.7 Å². The van der Waals surface area contributed by atoms with Crippen LogP contribution in [-0.2, 0) is 22.7 Å². The summed E-state index contributed by atoms with van der Waals surface area (Å²) in [7, 11) is 0. The van der Waals surface area contributed by atoms with E-state index in [1.165, 1.54) is 21.2 Å². The zero-order valence-corrected chi connectivity index (χ0v) is 27.8. The molecule has 2 amide bonds. The summed E-state index contributed by atoms with van der Waals surface area (Å²) in [5.41, 5.74) is 2.50. The lowest BCUT2D eigenvalue weighted by Crippen LogP contribution is -2.27. The average Bonchev–Trinajstić information content (AvgIpc) is 3.84. The highest BCUT2D eigenvalue weighted by atomic mass is 32.2.